The van der Waals surface area contributed by atoms with Gasteiger partial charge in [0.2, 0.25) is 0 Å². The van der Waals surface area contributed by atoms with Gasteiger partial charge in [-0.15, -0.1) is 0 Å². The molecule has 1 saturated carbocycles. The molecule has 4 aromatic rings. The van der Waals surface area contributed by atoms with Crippen LogP contribution in [0, 0.1) is 17.6 Å². The molecule has 0 bridgehead atoms. The number of rotatable bonds is 4. The Hall–Kier alpha value is -3.26. The van der Waals surface area contributed by atoms with E-state index in [0.717, 1.165) is 52.0 Å². The molecule has 3 heterocycles. The van der Waals surface area contributed by atoms with Crippen LogP contribution in [0.3, 0.4) is 0 Å². The molecule has 0 spiro atoms. The van der Waals surface area contributed by atoms with Gasteiger partial charge in [0.15, 0.2) is 11.6 Å². The molecule has 0 atom stereocenters. The lowest BCUT2D eigenvalue weighted by molar-refractivity contribution is -0.145. The van der Waals surface area contributed by atoms with E-state index in [2.05, 4.69) is 16.3 Å². The molecule has 2 N–H and O–H groups in total. The molecule has 1 saturated heterocycles. The molecular formula is C25H23F2N3O3. The Labute approximate surface area is 188 Å². The second kappa shape index (κ2) is 7.66. The number of carbonyl (C=O) groups is 1. The van der Waals surface area contributed by atoms with Crippen molar-refractivity contribution in [1.82, 2.24) is 14.8 Å². The third kappa shape index (κ3) is 3.23. The van der Waals surface area contributed by atoms with Crippen molar-refractivity contribution in [2.24, 2.45) is 5.92 Å². The Balaban J connectivity index is 1.65. The van der Waals surface area contributed by atoms with Crippen molar-refractivity contribution in [3.63, 3.8) is 0 Å². The van der Waals surface area contributed by atoms with Crippen molar-refractivity contribution in [1.29, 1.82) is 0 Å². The summed E-state index contributed by atoms with van der Waals surface area (Å²) in [6.45, 7) is 1.27. The number of H-pyrrole nitrogens is 1. The first-order valence-electron chi connectivity index (χ1n) is 11.3. The topological polar surface area (TPSA) is 80.1 Å². The Morgan fingerprint density at radius 2 is 1.88 bits per heavy atom. The van der Waals surface area contributed by atoms with Crippen LogP contribution in [0.25, 0.3) is 27.5 Å². The summed E-state index contributed by atoms with van der Waals surface area (Å²) in [5.41, 5.74) is 4.52. The van der Waals surface area contributed by atoms with Crippen LogP contribution in [0.4, 0.5) is 8.78 Å². The number of aromatic amines is 1. The normalized spacial score (nSPS) is 21.5. The maximum absolute atomic E-state index is 14.3. The fourth-order valence-corrected chi connectivity index (χ4v) is 5.53. The minimum atomic E-state index is -0.896. The highest BCUT2D eigenvalue weighted by Gasteiger charge is 2.40. The van der Waals surface area contributed by atoms with E-state index in [1.54, 1.807) is 12.3 Å². The lowest BCUT2D eigenvalue weighted by atomic mass is 9.69. The number of nitrogens with one attached hydrogen (secondary N) is 1. The van der Waals surface area contributed by atoms with Crippen LogP contribution in [0.15, 0.2) is 36.5 Å². The zero-order valence-corrected chi connectivity index (χ0v) is 17.9. The van der Waals surface area contributed by atoms with Gasteiger partial charge in [-0.3, -0.25) is 9.89 Å². The average Bonchev–Trinajstić information content (AvgIpc) is 3.36. The van der Waals surface area contributed by atoms with Crippen LogP contribution in [-0.4, -0.2) is 39.1 Å². The zero-order valence-electron chi connectivity index (χ0n) is 17.9. The minimum absolute atomic E-state index is 0.0957. The Bertz CT molecular complexity index is 1380. The number of hydrogen-bond acceptors (Lipinski definition) is 3. The van der Waals surface area contributed by atoms with Crippen LogP contribution in [-0.2, 0) is 9.53 Å². The van der Waals surface area contributed by atoms with E-state index < -0.39 is 17.6 Å². The largest absolute Gasteiger partial charge is 0.481 e. The van der Waals surface area contributed by atoms with Gasteiger partial charge in [-0.05, 0) is 61.4 Å². The first kappa shape index (κ1) is 20.4. The lowest BCUT2D eigenvalue weighted by Crippen LogP contribution is -2.30. The molecule has 6 rings (SSSR count). The van der Waals surface area contributed by atoms with Crippen molar-refractivity contribution in [2.75, 3.05) is 13.2 Å². The number of halogens is 2. The highest BCUT2D eigenvalue weighted by Crippen LogP contribution is 2.50. The first-order valence-corrected chi connectivity index (χ1v) is 11.3. The second-order valence-corrected chi connectivity index (χ2v) is 9.15. The van der Waals surface area contributed by atoms with Crippen molar-refractivity contribution in [2.45, 2.75) is 37.5 Å². The first-order chi connectivity index (χ1) is 16.0. The maximum Gasteiger partial charge on any atom is 0.306 e. The van der Waals surface area contributed by atoms with Gasteiger partial charge >= 0.3 is 5.97 Å². The number of benzene rings is 2. The predicted octanol–water partition coefficient (Wildman–Crippen LogP) is 5.26. The highest BCUT2D eigenvalue weighted by molar-refractivity contribution is 5.99. The molecule has 170 valence electrons. The molecule has 33 heavy (non-hydrogen) atoms. The molecule has 1 aliphatic carbocycles. The minimum Gasteiger partial charge on any atom is -0.481 e. The van der Waals surface area contributed by atoms with Gasteiger partial charge in [-0.1, -0.05) is 0 Å². The summed E-state index contributed by atoms with van der Waals surface area (Å²) in [7, 11) is 0. The van der Waals surface area contributed by atoms with Crippen molar-refractivity contribution in [3.8, 4) is 5.69 Å². The van der Waals surface area contributed by atoms with E-state index in [1.807, 2.05) is 10.6 Å². The molecule has 2 aromatic carbocycles. The molecule has 8 heteroatoms. The van der Waals surface area contributed by atoms with E-state index in [4.69, 9.17) is 4.74 Å². The number of aliphatic carboxylic acids is 1. The van der Waals surface area contributed by atoms with Crippen LogP contribution in [0.1, 0.15) is 48.8 Å². The summed E-state index contributed by atoms with van der Waals surface area (Å²) in [5.74, 6) is -2.63. The average molecular weight is 451 g/mol. The van der Waals surface area contributed by atoms with Crippen molar-refractivity contribution >= 4 is 27.8 Å². The number of nitrogens with zero attached hydrogens (tertiary/aromatic N) is 2. The Morgan fingerprint density at radius 3 is 2.61 bits per heavy atom. The zero-order chi connectivity index (χ0) is 22.7. The van der Waals surface area contributed by atoms with E-state index in [1.165, 1.54) is 6.07 Å². The van der Waals surface area contributed by atoms with Crippen LogP contribution < -0.4 is 0 Å². The van der Waals surface area contributed by atoms with Gasteiger partial charge < -0.3 is 14.4 Å². The molecule has 2 aliphatic rings. The van der Waals surface area contributed by atoms with Crippen molar-refractivity contribution < 1.29 is 23.4 Å². The molecular weight excluding hydrogens is 428 g/mol. The standard InChI is InChI=1S/C25H23F2N3O3/c26-19-2-1-17(10-20(19)27)30-22-9-16-12-28-29-21(16)11-18(22)23(14-7-15(8-14)25(31)32)24(30)13-3-5-33-6-4-13/h1-2,9-15H,3-8H2,(H,28,29)(H,31,32)/t14-,15+. The Morgan fingerprint density at radius 1 is 1.09 bits per heavy atom. The number of aromatic nitrogens is 3. The van der Waals surface area contributed by atoms with E-state index in [9.17, 15) is 18.7 Å². The fraction of sp³-hybridized carbons (Fsp3) is 0.360. The van der Waals surface area contributed by atoms with Gasteiger partial charge in [0.05, 0.1) is 23.1 Å². The number of carboxylic acids is 1. The van der Waals surface area contributed by atoms with Gasteiger partial charge in [0, 0.05) is 47.4 Å². The molecule has 2 fully saturated rings. The summed E-state index contributed by atoms with van der Waals surface area (Å²) in [6.07, 6.45) is 4.53. The van der Waals surface area contributed by atoms with E-state index in [-0.39, 0.29) is 17.8 Å². The van der Waals surface area contributed by atoms with E-state index >= 15 is 0 Å². The number of ether oxygens (including phenoxy) is 1. The maximum atomic E-state index is 14.3. The van der Waals surface area contributed by atoms with Gasteiger partial charge in [0.1, 0.15) is 0 Å². The number of carboxylic acid groups (broad SMARTS) is 1. The lowest BCUT2D eigenvalue weighted by Gasteiger charge is -2.35. The van der Waals surface area contributed by atoms with Crippen LogP contribution >= 0.6 is 0 Å². The van der Waals surface area contributed by atoms with Crippen molar-refractivity contribution in [3.05, 3.63) is 59.4 Å². The Kier molecular flexibility index (Phi) is 4.72. The van der Waals surface area contributed by atoms with Gasteiger partial charge in [-0.2, -0.15) is 5.10 Å². The molecule has 0 amide bonds. The van der Waals surface area contributed by atoms with Gasteiger partial charge in [-0.25, -0.2) is 8.78 Å². The quantitative estimate of drug-likeness (QED) is 0.444. The fourth-order valence-electron chi connectivity index (χ4n) is 5.53. The van der Waals surface area contributed by atoms with E-state index in [0.29, 0.717) is 31.7 Å². The number of hydrogen-bond donors (Lipinski definition) is 2. The van der Waals surface area contributed by atoms with Crippen LogP contribution in [0.2, 0.25) is 0 Å². The summed E-state index contributed by atoms with van der Waals surface area (Å²) in [6, 6.07) is 8.08. The smallest absolute Gasteiger partial charge is 0.306 e. The number of fused-ring (bicyclic) bond motifs is 2. The third-order valence-corrected chi connectivity index (χ3v) is 7.27. The monoisotopic (exact) mass is 451 g/mol. The summed E-state index contributed by atoms with van der Waals surface area (Å²) in [5, 5.41) is 18.6. The highest BCUT2D eigenvalue weighted by atomic mass is 19.2. The molecule has 1 aliphatic heterocycles. The predicted molar refractivity (Wildman–Crippen MR) is 119 cm³/mol. The summed E-state index contributed by atoms with van der Waals surface area (Å²) >= 11 is 0. The van der Waals surface area contributed by atoms with Crippen LogP contribution in [0.5, 0.6) is 0 Å². The SMILES string of the molecule is O=C(O)[C@H]1C[C@@H](c2c(C3CCOCC3)n(-c3ccc(F)c(F)c3)c3cc4cn[nH]c4cc32)C1. The molecule has 2 aromatic heterocycles. The summed E-state index contributed by atoms with van der Waals surface area (Å²) < 4.78 is 35.8. The summed E-state index contributed by atoms with van der Waals surface area (Å²) in [4.78, 5) is 11.5. The molecule has 0 unspecified atom stereocenters. The third-order valence-electron chi connectivity index (χ3n) is 7.27. The van der Waals surface area contributed by atoms with Gasteiger partial charge in [0.25, 0.3) is 0 Å². The molecule has 6 nitrogen and oxygen atoms in total. The molecule has 0 radical (unpaired) electrons. The second-order valence-electron chi connectivity index (χ2n) is 9.15.